The number of para-hydroxylation sites is 2. The van der Waals surface area contributed by atoms with Gasteiger partial charge in [-0.25, -0.2) is 0 Å². The van der Waals surface area contributed by atoms with Crippen molar-refractivity contribution in [2.75, 3.05) is 0 Å². The standard InChI is InChI=1S/C22H28N2O2/c1-5-14-22(4,24-16-18-11-7-9-13-20(18)26)21(2,3)23-15-17-10-6-8-12-19(17)25/h6-13,15-16,25-26H,5,14H2,1-4H3. The van der Waals surface area contributed by atoms with Crippen molar-refractivity contribution in [3.63, 3.8) is 0 Å². The summed E-state index contributed by atoms with van der Waals surface area (Å²) in [5.41, 5.74) is 0.427. The summed E-state index contributed by atoms with van der Waals surface area (Å²) in [5.74, 6) is 0.424. The third-order valence-electron chi connectivity index (χ3n) is 4.94. The summed E-state index contributed by atoms with van der Waals surface area (Å²) in [5, 5.41) is 19.9. The summed E-state index contributed by atoms with van der Waals surface area (Å²) < 4.78 is 0. The Kier molecular flexibility index (Phi) is 6.19. The van der Waals surface area contributed by atoms with E-state index in [2.05, 4.69) is 13.8 Å². The number of phenols is 2. The highest BCUT2D eigenvalue weighted by Crippen LogP contribution is 2.34. The van der Waals surface area contributed by atoms with Gasteiger partial charge in [-0.05, 0) is 51.5 Å². The van der Waals surface area contributed by atoms with Crippen LogP contribution in [0, 0.1) is 0 Å². The first-order valence-corrected chi connectivity index (χ1v) is 8.95. The molecule has 0 radical (unpaired) electrons. The van der Waals surface area contributed by atoms with E-state index in [-0.39, 0.29) is 11.5 Å². The molecule has 0 heterocycles. The average molecular weight is 352 g/mol. The zero-order chi connectivity index (χ0) is 19.2. The maximum absolute atomic E-state index is 9.97. The number of aliphatic imine (C=N–C) groups is 2. The van der Waals surface area contributed by atoms with Crippen molar-refractivity contribution in [3.05, 3.63) is 59.7 Å². The Morgan fingerprint density at radius 2 is 1.27 bits per heavy atom. The Morgan fingerprint density at radius 3 is 1.73 bits per heavy atom. The van der Waals surface area contributed by atoms with E-state index in [9.17, 15) is 10.2 Å². The molecule has 138 valence electrons. The first-order chi connectivity index (χ1) is 12.3. The number of rotatable bonds is 7. The van der Waals surface area contributed by atoms with Crippen LogP contribution >= 0.6 is 0 Å². The van der Waals surface area contributed by atoms with E-state index >= 15 is 0 Å². The highest BCUT2D eigenvalue weighted by atomic mass is 16.3. The molecule has 0 spiro atoms. The highest BCUT2D eigenvalue weighted by Gasteiger charge is 2.39. The first kappa shape index (κ1) is 19.7. The molecule has 26 heavy (non-hydrogen) atoms. The molecule has 2 rings (SSSR count). The number of aromatic hydroxyl groups is 2. The van der Waals surface area contributed by atoms with Crippen molar-refractivity contribution >= 4 is 12.4 Å². The van der Waals surface area contributed by atoms with Crippen molar-refractivity contribution in [3.8, 4) is 11.5 Å². The Balaban J connectivity index is 2.33. The van der Waals surface area contributed by atoms with Gasteiger partial charge in [-0.3, -0.25) is 9.98 Å². The maximum Gasteiger partial charge on any atom is 0.124 e. The van der Waals surface area contributed by atoms with E-state index in [0.717, 1.165) is 12.8 Å². The Hall–Kier alpha value is -2.62. The van der Waals surface area contributed by atoms with Gasteiger partial charge in [0.1, 0.15) is 11.5 Å². The van der Waals surface area contributed by atoms with Gasteiger partial charge in [0.25, 0.3) is 0 Å². The minimum absolute atomic E-state index is 0.210. The third kappa shape index (κ3) is 4.51. The summed E-state index contributed by atoms with van der Waals surface area (Å²) in [6, 6.07) is 14.3. The minimum atomic E-state index is -0.494. The van der Waals surface area contributed by atoms with Crippen LogP contribution < -0.4 is 0 Å². The fourth-order valence-corrected chi connectivity index (χ4v) is 2.79. The van der Waals surface area contributed by atoms with Gasteiger partial charge >= 0.3 is 0 Å². The average Bonchev–Trinajstić information content (AvgIpc) is 2.60. The van der Waals surface area contributed by atoms with Crippen LogP contribution in [0.25, 0.3) is 0 Å². The molecule has 0 aromatic heterocycles. The molecule has 4 nitrogen and oxygen atoms in total. The van der Waals surface area contributed by atoms with Crippen LogP contribution in [-0.2, 0) is 0 Å². The van der Waals surface area contributed by atoms with Crippen molar-refractivity contribution in [2.45, 2.75) is 51.6 Å². The second-order valence-corrected chi connectivity index (χ2v) is 7.22. The quantitative estimate of drug-likeness (QED) is 0.691. The first-order valence-electron chi connectivity index (χ1n) is 8.95. The van der Waals surface area contributed by atoms with Crippen LogP contribution in [0.5, 0.6) is 11.5 Å². The molecular formula is C22H28N2O2. The van der Waals surface area contributed by atoms with Gasteiger partial charge in [0.2, 0.25) is 0 Å². The van der Waals surface area contributed by atoms with Crippen LogP contribution in [0.1, 0.15) is 51.7 Å². The number of hydrogen-bond donors (Lipinski definition) is 2. The predicted molar refractivity (Wildman–Crippen MR) is 109 cm³/mol. The number of hydrogen-bond acceptors (Lipinski definition) is 4. The van der Waals surface area contributed by atoms with Crippen molar-refractivity contribution in [1.29, 1.82) is 0 Å². The topological polar surface area (TPSA) is 65.2 Å². The van der Waals surface area contributed by atoms with E-state index in [4.69, 9.17) is 9.98 Å². The molecule has 0 aliphatic carbocycles. The number of benzene rings is 2. The molecule has 0 amide bonds. The number of nitrogens with zero attached hydrogens (tertiary/aromatic N) is 2. The molecule has 2 aromatic carbocycles. The summed E-state index contributed by atoms with van der Waals surface area (Å²) in [7, 11) is 0. The minimum Gasteiger partial charge on any atom is -0.507 e. The molecule has 1 atom stereocenters. The largest absolute Gasteiger partial charge is 0.507 e. The maximum atomic E-state index is 9.97. The molecule has 0 saturated carbocycles. The van der Waals surface area contributed by atoms with Gasteiger partial charge in [-0.2, -0.15) is 0 Å². The smallest absolute Gasteiger partial charge is 0.124 e. The van der Waals surface area contributed by atoms with Gasteiger partial charge in [0.05, 0.1) is 11.1 Å². The van der Waals surface area contributed by atoms with Gasteiger partial charge in [-0.1, -0.05) is 37.6 Å². The monoisotopic (exact) mass is 352 g/mol. The lowest BCUT2D eigenvalue weighted by atomic mass is 9.78. The molecule has 0 saturated heterocycles. The molecular weight excluding hydrogens is 324 g/mol. The van der Waals surface area contributed by atoms with Crippen LogP contribution in [0.3, 0.4) is 0 Å². The SMILES string of the molecule is CCCC(C)(N=Cc1ccccc1O)C(C)(C)N=Cc1ccccc1O. The lowest BCUT2D eigenvalue weighted by Crippen LogP contribution is -2.45. The second-order valence-electron chi connectivity index (χ2n) is 7.22. The third-order valence-corrected chi connectivity index (χ3v) is 4.94. The molecule has 4 heteroatoms. The predicted octanol–water partition coefficient (Wildman–Crippen LogP) is 4.97. The summed E-state index contributed by atoms with van der Waals surface area (Å²) in [6.07, 6.45) is 5.24. The zero-order valence-corrected chi connectivity index (χ0v) is 16.0. The summed E-state index contributed by atoms with van der Waals surface area (Å²) in [4.78, 5) is 9.57. The Bertz CT molecular complexity index is 796. The van der Waals surface area contributed by atoms with E-state index in [1.165, 1.54) is 0 Å². The second kappa shape index (κ2) is 8.17. The van der Waals surface area contributed by atoms with Crippen LogP contribution in [-0.4, -0.2) is 33.7 Å². The summed E-state index contributed by atoms with van der Waals surface area (Å²) >= 11 is 0. The van der Waals surface area contributed by atoms with Crippen LogP contribution in [0.4, 0.5) is 0 Å². The fraction of sp³-hybridized carbons (Fsp3) is 0.364. The van der Waals surface area contributed by atoms with E-state index in [1.54, 1.807) is 36.7 Å². The molecule has 0 bridgehead atoms. The molecule has 2 aromatic rings. The zero-order valence-electron chi connectivity index (χ0n) is 16.0. The normalized spacial score (nSPS) is 14.8. The van der Waals surface area contributed by atoms with Gasteiger partial charge in [0, 0.05) is 23.6 Å². The van der Waals surface area contributed by atoms with E-state index < -0.39 is 11.1 Å². The van der Waals surface area contributed by atoms with Crippen molar-refractivity contribution < 1.29 is 10.2 Å². The molecule has 2 N–H and O–H groups in total. The fourth-order valence-electron chi connectivity index (χ4n) is 2.79. The lowest BCUT2D eigenvalue weighted by molar-refractivity contribution is 0.270. The molecule has 0 fully saturated rings. The highest BCUT2D eigenvalue weighted by molar-refractivity contribution is 5.84. The molecule has 0 aliphatic heterocycles. The van der Waals surface area contributed by atoms with Crippen LogP contribution in [0.15, 0.2) is 58.5 Å². The lowest BCUT2D eigenvalue weighted by Gasteiger charge is -2.38. The van der Waals surface area contributed by atoms with Gasteiger partial charge < -0.3 is 10.2 Å². The number of phenolic OH excluding ortho intramolecular Hbond substituents is 2. The Morgan fingerprint density at radius 1 is 0.808 bits per heavy atom. The van der Waals surface area contributed by atoms with Crippen molar-refractivity contribution in [1.82, 2.24) is 0 Å². The van der Waals surface area contributed by atoms with E-state index in [0.29, 0.717) is 11.1 Å². The molecule has 0 aliphatic rings. The van der Waals surface area contributed by atoms with Crippen LogP contribution in [0.2, 0.25) is 0 Å². The molecule has 1 unspecified atom stereocenters. The van der Waals surface area contributed by atoms with Gasteiger partial charge in [-0.15, -0.1) is 0 Å². The Labute approximate surface area is 156 Å². The van der Waals surface area contributed by atoms with Crippen molar-refractivity contribution in [2.24, 2.45) is 9.98 Å². The summed E-state index contributed by atoms with van der Waals surface area (Å²) in [6.45, 7) is 8.29. The van der Waals surface area contributed by atoms with E-state index in [1.807, 2.05) is 38.1 Å². The van der Waals surface area contributed by atoms with Gasteiger partial charge in [0.15, 0.2) is 0 Å².